The van der Waals surface area contributed by atoms with E-state index in [4.69, 9.17) is 4.42 Å². The largest absolute Gasteiger partial charge is 0.446 e. The van der Waals surface area contributed by atoms with Crippen molar-refractivity contribution >= 4 is 19.9 Å². The van der Waals surface area contributed by atoms with E-state index >= 15 is 0 Å². The summed E-state index contributed by atoms with van der Waals surface area (Å²) in [5.74, 6) is 1.12. The number of aromatic nitrogens is 1. The number of hydrogen-bond donors (Lipinski definition) is 0. The number of hydrogen-bond acceptors (Lipinski definition) is 6. The molecule has 2 aromatic rings. The molecule has 1 atom stereocenters. The third kappa shape index (κ3) is 3.49. The molecule has 0 N–H and O–H groups in total. The lowest BCUT2D eigenvalue weighted by Crippen LogP contribution is -2.37. The molecule has 0 saturated carbocycles. The van der Waals surface area contributed by atoms with Gasteiger partial charge in [0.2, 0.25) is 10.0 Å². The van der Waals surface area contributed by atoms with E-state index in [2.05, 4.69) is 4.98 Å². The lowest BCUT2D eigenvalue weighted by Gasteiger charge is -2.22. The fourth-order valence-electron chi connectivity index (χ4n) is 3.01. The summed E-state index contributed by atoms with van der Waals surface area (Å²) in [6.45, 7) is 3.55. The normalized spacial score (nSPS) is 20.2. The Morgan fingerprint density at radius 3 is 2.32 bits per heavy atom. The van der Waals surface area contributed by atoms with E-state index in [-0.39, 0.29) is 16.4 Å². The van der Waals surface area contributed by atoms with Crippen molar-refractivity contribution in [2.24, 2.45) is 0 Å². The molecule has 0 aliphatic carbocycles. The molecule has 7 nitrogen and oxygen atoms in total. The van der Waals surface area contributed by atoms with Crippen LogP contribution in [0.4, 0.5) is 0 Å². The molecule has 1 aromatic carbocycles. The van der Waals surface area contributed by atoms with Gasteiger partial charge in [-0.25, -0.2) is 21.8 Å². The van der Waals surface area contributed by atoms with Crippen molar-refractivity contribution in [3.63, 3.8) is 0 Å². The van der Waals surface area contributed by atoms with Crippen LogP contribution in [0.1, 0.15) is 18.1 Å². The van der Waals surface area contributed by atoms with Crippen LogP contribution < -0.4 is 0 Å². The maximum absolute atomic E-state index is 12.7. The summed E-state index contributed by atoms with van der Waals surface area (Å²) < 4.78 is 55.3. The highest BCUT2D eigenvalue weighted by atomic mass is 32.2. The molecule has 1 fully saturated rings. The second kappa shape index (κ2) is 6.22. The van der Waals surface area contributed by atoms with E-state index in [9.17, 15) is 16.8 Å². The molecule has 25 heavy (non-hydrogen) atoms. The Kier molecular flexibility index (Phi) is 4.50. The molecular weight excluding hydrogens is 364 g/mol. The van der Waals surface area contributed by atoms with Crippen LogP contribution in [0.3, 0.4) is 0 Å². The van der Waals surface area contributed by atoms with E-state index in [1.165, 1.54) is 19.2 Å². The molecule has 1 unspecified atom stereocenters. The predicted molar refractivity (Wildman–Crippen MR) is 93.4 cm³/mol. The zero-order valence-electron chi connectivity index (χ0n) is 14.3. The summed E-state index contributed by atoms with van der Waals surface area (Å²) in [6, 6.07) is 5.85. The van der Waals surface area contributed by atoms with Crippen molar-refractivity contribution in [2.75, 3.05) is 18.6 Å². The number of sulfone groups is 1. The highest BCUT2D eigenvalue weighted by Crippen LogP contribution is 2.27. The van der Waals surface area contributed by atoms with Gasteiger partial charge in [0.05, 0.1) is 16.4 Å². The number of benzene rings is 1. The highest BCUT2D eigenvalue weighted by molar-refractivity contribution is 7.92. The average Bonchev–Trinajstić information content (AvgIpc) is 3.08. The molecule has 2 heterocycles. The molecule has 0 amide bonds. The fourth-order valence-corrected chi connectivity index (χ4v) is 6.26. The molecule has 3 rings (SSSR count). The lowest BCUT2D eigenvalue weighted by molar-refractivity contribution is 0.394. The van der Waals surface area contributed by atoms with Crippen molar-refractivity contribution in [3.05, 3.63) is 35.9 Å². The van der Waals surface area contributed by atoms with Crippen LogP contribution >= 0.6 is 0 Å². The quantitative estimate of drug-likeness (QED) is 0.797. The van der Waals surface area contributed by atoms with Gasteiger partial charge in [-0.05, 0) is 25.5 Å². The maximum atomic E-state index is 12.7. The molecular formula is C16H20N2O5S2. The number of aryl methyl sites for hydroxylation is 2. The molecule has 1 saturated heterocycles. The molecule has 0 bridgehead atoms. The van der Waals surface area contributed by atoms with Crippen LogP contribution in [0.15, 0.2) is 33.6 Å². The number of sulfonamides is 1. The van der Waals surface area contributed by atoms with Crippen LogP contribution in [-0.2, 0) is 19.9 Å². The van der Waals surface area contributed by atoms with Gasteiger partial charge in [-0.3, -0.25) is 0 Å². The molecule has 1 aliphatic heterocycles. The Hall–Kier alpha value is -1.71. The Morgan fingerprint density at radius 1 is 1.20 bits per heavy atom. The first-order valence-electron chi connectivity index (χ1n) is 7.83. The summed E-state index contributed by atoms with van der Waals surface area (Å²) in [5.41, 5.74) is 1.44. The van der Waals surface area contributed by atoms with Gasteiger partial charge in [-0.1, -0.05) is 12.1 Å². The summed E-state index contributed by atoms with van der Waals surface area (Å²) in [5, 5.41) is 0. The van der Waals surface area contributed by atoms with E-state index in [1.807, 2.05) is 0 Å². The first-order valence-corrected chi connectivity index (χ1v) is 11.1. The van der Waals surface area contributed by atoms with Crippen molar-refractivity contribution < 1.29 is 21.3 Å². The van der Waals surface area contributed by atoms with Crippen molar-refractivity contribution in [1.29, 1.82) is 0 Å². The summed E-state index contributed by atoms with van der Waals surface area (Å²) in [7, 11) is -5.47. The molecule has 9 heteroatoms. The van der Waals surface area contributed by atoms with Crippen LogP contribution in [0.2, 0.25) is 0 Å². The van der Waals surface area contributed by atoms with E-state index < -0.39 is 25.9 Å². The smallest absolute Gasteiger partial charge is 0.243 e. The topological polar surface area (TPSA) is 97.5 Å². The van der Waals surface area contributed by atoms with Crippen molar-refractivity contribution in [2.45, 2.75) is 31.2 Å². The first kappa shape index (κ1) is 18.1. The number of rotatable bonds is 4. The summed E-state index contributed by atoms with van der Waals surface area (Å²) in [4.78, 5) is 4.42. The third-order valence-corrected chi connectivity index (χ3v) is 8.11. The van der Waals surface area contributed by atoms with Crippen molar-refractivity contribution in [3.8, 4) is 11.3 Å². The Balaban J connectivity index is 1.87. The summed E-state index contributed by atoms with van der Waals surface area (Å²) >= 11 is 0. The van der Waals surface area contributed by atoms with Gasteiger partial charge in [0.25, 0.3) is 0 Å². The molecule has 0 radical (unpaired) electrons. The van der Waals surface area contributed by atoms with Gasteiger partial charge >= 0.3 is 0 Å². The van der Waals surface area contributed by atoms with Crippen LogP contribution in [-0.4, -0.2) is 50.7 Å². The minimum absolute atomic E-state index is 0.0290. The third-order valence-electron chi connectivity index (χ3n) is 4.43. The summed E-state index contributed by atoms with van der Waals surface area (Å²) in [6.07, 6.45) is 0.327. The van der Waals surface area contributed by atoms with E-state index in [1.54, 1.807) is 26.0 Å². The van der Waals surface area contributed by atoms with Crippen molar-refractivity contribution in [1.82, 2.24) is 9.29 Å². The van der Waals surface area contributed by atoms with Gasteiger partial charge in [0.1, 0.15) is 11.5 Å². The fraction of sp³-hybridized carbons (Fsp3) is 0.438. The van der Waals surface area contributed by atoms with Gasteiger partial charge in [-0.2, -0.15) is 4.31 Å². The van der Waals surface area contributed by atoms with E-state index in [0.717, 1.165) is 9.87 Å². The number of oxazole rings is 1. The van der Waals surface area contributed by atoms with Gasteiger partial charge in [0, 0.05) is 25.6 Å². The predicted octanol–water partition coefficient (Wildman–Crippen LogP) is 1.77. The highest BCUT2D eigenvalue weighted by Gasteiger charge is 2.36. The second-order valence-electron chi connectivity index (χ2n) is 6.24. The van der Waals surface area contributed by atoms with Gasteiger partial charge in [-0.15, -0.1) is 0 Å². The van der Waals surface area contributed by atoms with Crippen LogP contribution in [0, 0.1) is 13.8 Å². The van der Waals surface area contributed by atoms with Gasteiger partial charge in [0.15, 0.2) is 15.7 Å². The van der Waals surface area contributed by atoms with Gasteiger partial charge < -0.3 is 4.42 Å². The average molecular weight is 384 g/mol. The SMILES string of the molecule is Cc1nc(-c2ccc(S(=O)(=O)N(C)C3CCS(=O)(=O)C3)cc2)c(C)o1. The zero-order chi connectivity index (χ0) is 18.4. The van der Waals surface area contributed by atoms with Crippen LogP contribution in [0.5, 0.6) is 0 Å². The Labute approximate surface area is 147 Å². The standard InChI is InChI=1S/C16H20N2O5S2/c1-11-16(17-12(2)23-11)13-4-6-15(7-5-13)25(21,22)18(3)14-8-9-24(19,20)10-14/h4-7,14H,8-10H2,1-3H3. The molecule has 1 aromatic heterocycles. The lowest BCUT2D eigenvalue weighted by atomic mass is 10.1. The molecule has 1 aliphatic rings. The Morgan fingerprint density at radius 2 is 1.84 bits per heavy atom. The monoisotopic (exact) mass is 384 g/mol. The molecule has 0 spiro atoms. The number of nitrogens with zero attached hydrogens (tertiary/aromatic N) is 2. The maximum Gasteiger partial charge on any atom is 0.243 e. The van der Waals surface area contributed by atoms with Crippen LogP contribution in [0.25, 0.3) is 11.3 Å². The first-order chi connectivity index (χ1) is 11.6. The Bertz CT molecular complexity index is 992. The zero-order valence-corrected chi connectivity index (χ0v) is 15.9. The minimum atomic E-state index is -3.75. The second-order valence-corrected chi connectivity index (χ2v) is 10.5. The van der Waals surface area contributed by atoms with E-state index in [0.29, 0.717) is 23.8 Å². The minimum Gasteiger partial charge on any atom is -0.446 e. The molecule has 136 valence electrons.